The van der Waals surface area contributed by atoms with E-state index in [9.17, 15) is 8.42 Å². The number of nitrogens with zero attached hydrogens (tertiary/aromatic N) is 4. The van der Waals surface area contributed by atoms with Crippen LogP contribution >= 0.6 is 0 Å². The van der Waals surface area contributed by atoms with Crippen LogP contribution in [-0.4, -0.2) is 45.8 Å². The summed E-state index contributed by atoms with van der Waals surface area (Å²) in [5.41, 5.74) is 1.91. The summed E-state index contributed by atoms with van der Waals surface area (Å²) in [6.07, 6.45) is 6.83. The maximum Gasteiger partial charge on any atom is 0.214 e. The zero-order valence-corrected chi connectivity index (χ0v) is 14.1. The molecule has 2 aromatic heterocycles. The maximum absolute atomic E-state index is 12.1. The Labute approximate surface area is 140 Å². The Morgan fingerprint density at radius 1 is 1.21 bits per heavy atom. The SMILES string of the molecule is O=S(=O)(N[C@@H]1CC[C@@H](c2nnc3cnc4c(n23)CCN4)C1)C1CC1. The van der Waals surface area contributed by atoms with Gasteiger partial charge >= 0.3 is 0 Å². The summed E-state index contributed by atoms with van der Waals surface area (Å²) in [4.78, 5) is 4.39. The monoisotopic (exact) mass is 348 g/mol. The van der Waals surface area contributed by atoms with Crippen LogP contribution in [0.3, 0.4) is 0 Å². The van der Waals surface area contributed by atoms with Gasteiger partial charge in [0.05, 0.1) is 17.1 Å². The fourth-order valence-corrected chi connectivity index (χ4v) is 5.57. The van der Waals surface area contributed by atoms with E-state index in [1.807, 2.05) is 0 Å². The number of hydrogen-bond acceptors (Lipinski definition) is 6. The maximum atomic E-state index is 12.1. The molecule has 0 bridgehead atoms. The second kappa shape index (κ2) is 5.13. The van der Waals surface area contributed by atoms with E-state index in [1.165, 1.54) is 0 Å². The molecule has 1 aliphatic heterocycles. The van der Waals surface area contributed by atoms with Crippen LogP contribution in [0.25, 0.3) is 5.65 Å². The van der Waals surface area contributed by atoms with Crippen LogP contribution in [0.15, 0.2) is 6.20 Å². The molecule has 0 radical (unpaired) electrons. The van der Waals surface area contributed by atoms with Crippen molar-refractivity contribution in [1.29, 1.82) is 0 Å². The van der Waals surface area contributed by atoms with E-state index in [2.05, 4.69) is 29.6 Å². The molecule has 0 aromatic carbocycles. The third-order valence-electron chi connectivity index (χ3n) is 5.31. The minimum Gasteiger partial charge on any atom is -0.368 e. The molecule has 5 rings (SSSR count). The number of aromatic nitrogens is 4. The summed E-state index contributed by atoms with van der Waals surface area (Å²) in [7, 11) is -3.13. The van der Waals surface area contributed by atoms with Gasteiger partial charge in [-0.15, -0.1) is 10.2 Å². The lowest BCUT2D eigenvalue weighted by Crippen LogP contribution is -2.35. The number of sulfonamides is 1. The fourth-order valence-electron chi connectivity index (χ4n) is 3.94. The van der Waals surface area contributed by atoms with Crippen LogP contribution in [0.5, 0.6) is 0 Å². The molecule has 9 heteroatoms. The third kappa shape index (κ3) is 2.29. The van der Waals surface area contributed by atoms with E-state index in [1.54, 1.807) is 6.20 Å². The fraction of sp³-hybridized carbons (Fsp3) is 0.667. The zero-order chi connectivity index (χ0) is 16.3. The van der Waals surface area contributed by atoms with Crippen LogP contribution in [0.4, 0.5) is 5.82 Å². The number of rotatable bonds is 4. The molecule has 2 saturated carbocycles. The highest BCUT2D eigenvalue weighted by Gasteiger charge is 2.39. The number of anilines is 1. The minimum atomic E-state index is -3.13. The van der Waals surface area contributed by atoms with Crippen molar-refractivity contribution in [2.24, 2.45) is 0 Å². The van der Waals surface area contributed by atoms with Crippen molar-refractivity contribution in [2.75, 3.05) is 11.9 Å². The highest BCUT2D eigenvalue weighted by molar-refractivity contribution is 7.90. The topological polar surface area (TPSA) is 101 Å². The molecule has 2 atom stereocenters. The highest BCUT2D eigenvalue weighted by atomic mass is 32.2. The minimum absolute atomic E-state index is 0.0148. The summed E-state index contributed by atoms with van der Waals surface area (Å²) in [5, 5.41) is 11.8. The van der Waals surface area contributed by atoms with Crippen molar-refractivity contribution in [2.45, 2.75) is 55.7 Å². The first-order valence-corrected chi connectivity index (χ1v) is 10.1. The molecular formula is C15H20N6O2S. The second-order valence-corrected chi connectivity index (χ2v) is 9.04. The number of fused-ring (bicyclic) bond motifs is 3. The summed E-state index contributed by atoms with van der Waals surface area (Å²) >= 11 is 0. The second-order valence-electron chi connectivity index (χ2n) is 7.05. The van der Waals surface area contributed by atoms with Crippen LogP contribution in [0, 0.1) is 0 Å². The molecule has 128 valence electrons. The van der Waals surface area contributed by atoms with Crippen LogP contribution < -0.4 is 10.0 Å². The Morgan fingerprint density at radius 2 is 2.08 bits per heavy atom. The quantitative estimate of drug-likeness (QED) is 0.848. The Bertz CT molecular complexity index is 904. The largest absolute Gasteiger partial charge is 0.368 e. The van der Waals surface area contributed by atoms with Crippen molar-refractivity contribution in [3.05, 3.63) is 17.7 Å². The molecule has 8 nitrogen and oxygen atoms in total. The van der Waals surface area contributed by atoms with Gasteiger partial charge in [0.25, 0.3) is 0 Å². The summed E-state index contributed by atoms with van der Waals surface area (Å²) < 4.78 is 29.3. The van der Waals surface area contributed by atoms with Crippen molar-refractivity contribution < 1.29 is 8.42 Å². The van der Waals surface area contributed by atoms with Gasteiger partial charge in [-0.1, -0.05) is 0 Å². The average Bonchev–Trinajstić information content (AvgIpc) is 2.96. The van der Waals surface area contributed by atoms with E-state index in [0.717, 1.165) is 68.1 Å². The van der Waals surface area contributed by atoms with E-state index < -0.39 is 10.0 Å². The lowest BCUT2D eigenvalue weighted by molar-refractivity contribution is 0.545. The molecular weight excluding hydrogens is 328 g/mol. The molecule has 2 fully saturated rings. The number of hydrogen-bond donors (Lipinski definition) is 2. The van der Waals surface area contributed by atoms with Gasteiger partial charge in [-0.3, -0.25) is 4.40 Å². The normalized spacial score (nSPS) is 26.7. The van der Waals surface area contributed by atoms with Gasteiger partial charge in [0.1, 0.15) is 11.6 Å². The van der Waals surface area contributed by atoms with Gasteiger partial charge in [0, 0.05) is 24.9 Å². The molecule has 2 aromatic rings. The molecule has 3 heterocycles. The van der Waals surface area contributed by atoms with Crippen LogP contribution in [0.2, 0.25) is 0 Å². The first kappa shape index (κ1) is 14.6. The lowest BCUT2D eigenvalue weighted by Gasteiger charge is -2.13. The molecule has 2 aliphatic carbocycles. The summed E-state index contributed by atoms with van der Waals surface area (Å²) in [6.45, 7) is 0.882. The predicted octanol–water partition coefficient (Wildman–Crippen LogP) is 0.810. The standard InChI is InChI=1S/C15H20N6O2S/c22-24(23,11-3-4-11)20-10-2-1-9(7-10)15-19-18-13-8-17-14-12(21(13)15)5-6-16-14/h8-11,16,20H,1-7H2/t9-,10-/m1/s1. The smallest absolute Gasteiger partial charge is 0.214 e. The van der Waals surface area contributed by atoms with Gasteiger partial charge in [0.2, 0.25) is 10.0 Å². The van der Waals surface area contributed by atoms with E-state index in [0.29, 0.717) is 0 Å². The molecule has 3 aliphatic rings. The van der Waals surface area contributed by atoms with Gasteiger partial charge in [-0.2, -0.15) is 0 Å². The Kier molecular flexibility index (Phi) is 3.12. The predicted molar refractivity (Wildman–Crippen MR) is 88.4 cm³/mol. The molecule has 0 spiro atoms. The Balaban J connectivity index is 1.42. The Hall–Kier alpha value is -1.74. The summed E-state index contributed by atoms with van der Waals surface area (Å²) in [5.74, 6) is 2.09. The van der Waals surface area contributed by atoms with Gasteiger partial charge in [-0.25, -0.2) is 18.1 Å². The molecule has 0 amide bonds. The van der Waals surface area contributed by atoms with E-state index >= 15 is 0 Å². The van der Waals surface area contributed by atoms with Crippen LogP contribution in [-0.2, 0) is 16.4 Å². The molecule has 2 N–H and O–H groups in total. The van der Waals surface area contributed by atoms with Gasteiger partial charge < -0.3 is 5.32 Å². The van der Waals surface area contributed by atoms with Crippen molar-refractivity contribution >= 4 is 21.5 Å². The number of nitrogens with one attached hydrogen (secondary N) is 2. The third-order valence-corrected chi connectivity index (χ3v) is 7.32. The lowest BCUT2D eigenvalue weighted by atomic mass is 10.1. The van der Waals surface area contributed by atoms with Crippen molar-refractivity contribution in [3.63, 3.8) is 0 Å². The van der Waals surface area contributed by atoms with Gasteiger partial charge in [-0.05, 0) is 32.1 Å². The van der Waals surface area contributed by atoms with Gasteiger partial charge in [0.15, 0.2) is 5.65 Å². The molecule has 0 saturated heterocycles. The zero-order valence-electron chi connectivity index (χ0n) is 13.3. The Morgan fingerprint density at radius 3 is 2.92 bits per heavy atom. The molecule has 24 heavy (non-hydrogen) atoms. The first-order valence-electron chi connectivity index (χ1n) is 8.60. The molecule has 0 unspecified atom stereocenters. The van der Waals surface area contributed by atoms with E-state index in [4.69, 9.17) is 0 Å². The average molecular weight is 348 g/mol. The first-order chi connectivity index (χ1) is 11.6. The van der Waals surface area contributed by atoms with E-state index in [-0.39, 0.29) is 17.2 Å². The van der Waals surface area contributed by atoms with Crippen molar-refractivity contribution in [1.82, 2.24) is 24.3 Å². The highest BCUT2D eigenvalue weighted by Crippen LogP contribution is 2.36. The van der Waals surface area contributed by atoms with Crippen molar-refractivity contribution in [3.8, 4) is 0 Å². The van der Waals surface area contributed by atoms with Crippen LogP contribution in [0.1, 0.15) is 49.5 Å². The summed E-state index contributed by atoms with van der Waals surface area (Å²) in [6, 6.07) is 0.0148.